The maximum atomic E-state index is 11.6. The van der Waals surface area contributed by atoms with Gasteiger partial charge in [-0.15, -0.1) is 0 Å². The lowest BCUT2D eigenvalue weighted by atomic mass is 10.2. The van der Waals surface area contributed by atoms with Gasteiger partial charge in [-0.3, -0.25) is 9.36 Å². The maximum absolute atomic E-state index is 11.6. The van der Waals surface area contributed by atoms with Gasteiger partial charge in [0.25, 0.3) is 0 Å². The Hall–Kier alpha value is -1.85. The van der Waals surface area contributed by atoms with Gasteiger partial charge in [0.2, 0.25) is 5.91 Å². The average Bonchev–Trinajstić information content (AvgIpc) is 2.78. The molecule has 1 aromatic rings. The van der Waals surface area contributed by atoms with Gasteiger partial charge in [-0.2, -0.15) is 0 Å². The van der Waals surface area contributed by atoms with Crippen LogP contribution in [-0.2, 0) is 4.79 Å². The SMILES string of the molecule is CC(C)CNC(=O)C(C)NC(=O)n1ccnc1. The van der Waals surface area contributed by atoms with Crippen LogP contribution in [0.1, 0.15) is 20.8 Å². The van der Waals surface area contributed by atoms with Crippen LogP contribution in [0, 0.1) is 5.92 Å². The highest BCUT2D eigenvalue weighted by Crippen LogP contribution is 1.91. The maximum Gasteiger partial charge on any atom is 0.327 e. The molecule has 6 nitrogen and oxygen atoms in total. The molecule has 0 bridgehead atoms. The molecule has 0 radical (unpaired) electrons. The summed E-state index contributed by atoms with van der Waals surface area (Å²) in [5.41, 5.74) is 0. The minimum atomic E-state index is -0.566. The third-order valence-corrected chi connectivity index (χ3v) is 2.16. The van der Waals surface area contributed by atoms with Crippen LogP contribution in [0.3, 0.4) is 0 Å². The summed E-state index contributed by atoms with van der Waals surface area (Å²) in [5, 5.41) is 5.33. The zero-order chi connectivity index (χ0) is 12.8. The second-order valence-corrected chi connectivity index (χ2v) is 4.28. The first-order valence-corrected chi connectivity index (χ1v) is 5.57. The molecule has 1 aromatic heterocycles. The van der Waals surface area contributed by atoms with E-state index < -0.39 is 6.04 Å². The summed E-state index contributed by atoms with van der Waals surface area (Å²) in [6.45, 7) is 6.26. The van der Waals surface area contributed by atoms with E-state index >= 15 is 0 Å². The van der Waals surface area contributed by atoms with Gasteiger partial charge in [0.05, 0.1) is 0 Å². The highest BCUT2D eigenvalue weighted by molar-refractivity contribution is 5.87. The molecule has 0 saturated heterocycles. The minimum Gasteiger partial charge on any atom is -0.354 e. The van der Waals surface area contributed by atoms with Gasteiger partial charge in [0, 0.05) is 18.9 Å². The molecule has 2 amide bonds. The molecule has 94 valence electrons. The number of hydrogen-bond acceptors (Lipinski definition) is 3. The first kappa shape index (κ1) is 13.2. The summed E-state index contributed by atoms with van der Waals surface area (Å²) in [7, 11) is 0. The van der Waals surface area contributed by atoms with Crippen LogP contribution in [-0.4, -0.2) is 34.1 Å². The molecule has 1 heterocycles. The van der Waals surface area contributed by atoms with Crippen molar-refractivity contribution in [1.82, 2.24) is 20.2 Å². The Morgan fingerprint density at radius 3 is 2.59 bits per heavy atom. The van der Waals surface area contributed by atoms with Crippen LogP contribution in [0.5, 0.6) is 0 Å². The standard InChI is InChI=1S/C11H18N4O2/c1-8(2)6-13-10(16)9(3)14-11(17)15-5-4-12-7-15/h4-5,7-9H,6H2,1-3H3,(H,13,16)(H,14,17). The van der Waals surface area contributed by atoms with E-state index in [1.807, 2.05) is 13.8 Å². The van der Waals surface area contributed by atoms with Gasteiger partial charge < -0.3 is 10.6 Å². The normalized spacial score (nSPS) is 12.2. The van der Waals surface area contributed by atoms with Crippen LogP contribution < -0.4 is 10.6 Å². The molecule has 0 aliphatic carbocycles. The molecule has 0 aliphatic heterocycles. The predicted octanol–water partition coefficient (Wildman–Crippen LogP) is 0.601. The predicted molar refractivity (Wildman–Crippen MR) is 63.5 cm³/mol. The molecule has 0 aliphatic rings. The molecule has 17 heavy (non-hydrogen) atoms. The number of amides is 2. The van der Waals surface area contributed by atoms with Gasteiger partial charge in [0.1, 0.15) is 12.4 Å². The third kappa shape index (κ3) is 4.26. The average molecular weight is 238 g/mol. The van der Waals surface area contributed by atoms with E-state index in [0.29, 0.717) is 12.5 Å². The molecule has 1 rings (SSSR count). The quantitative estimate of drug-likeness (QED) is 0.806. The molecular weight excluding hydrogens is 220 g/mol. The third-order valence-electron chi connectivity index (χ3n) is 2.16. The Labute approximate surface area is 100 Å². The van der Waals surface area contributed by atoms with Gasteiger partial charge >= 0.3 is 6.03 Å². The minimum absolute atomic E-state index is 0.188. The van der Waals surface area contributed by atoms with E-state index in [-0.39, 0.29) is 11.9 Å². The van der Waals surface area contributed by atoms with Crippen molar-refractivity contribution in [2.24, 2.45) is 5.92 Å². The Morgan fingerprint density at radius 2 is 2.06 bits per heavy atom. The fraction of sp³-hybridized carbons (Fsp3) is 0.545. The molecule has 0 spiro atoms. The number of aromatic nitrogens is 2. The Morgan fingerprint density at radius 1 is 1.35 bits per heavy atom. The Kier molecular flexibility index (Phi) is 4.68. The zero-order valence-corrected chi connectivity index (χ0v) is 10.3. The van der Waals surface area contributed by atoms with Crippen molar-refractivity contribution in [2.45, 2.75) is 26.8 Å². The topological polar surface area (TPSA) is 76.0 Å². The highest BCUT2D eigenvalue weighted by atomic mass is 16.2. The lowest BCUT2D eigenvalue weighted by molar-refractivity contribution is -0.122. The lowest BCUT2D eigenvalue weighted by Gasteiger charge is -2.15. The second kappa shape index (κ2) is 6.03. The van der Waals surface area contributed by atoms with E-state index in [1.54, 1.807) is 6.92 Å². The highest BCUT2D eigenvalue weighted by Gasteiger charge is 2.15. The monoisotopic (exact) mass is 238 g/mol. The van der Waals surface area contributed by atoms with E-state index in [4.69, 9.17) is 0 Å². The van der Waals surface area contributed by atoms with Gasteiger partial charge in [0.15, 0.2) is 0 Å². The first-order valence-electron chi connectivity index (χ1n) is 5.57. The van der Waals surface area contributed by atoms with Crippen molar-refractivity contribution in [3.63, 3.8) is 0 Å². The molecular formula is C11H18N4O2. The molecule has 0 saturated carbocycles. The fourth-order valence-corrected chi connectivity index (χ4v) is 1.16. The number of carbonyl (C=O) groups excluding carboxylic acids is 2. The Balaban J connectivity index is 2.41. The van der Waals surface area contributed by atoms with Crippen molar-refractivity contribution in [3.8, 4) is 0 Å². The smallest absolute Gasteiger partial charge is 0.327 e. The molecule has 1 atom stereocenters. The summed E-state index contributed by atoms with van der Waals surface area (Å²) in [6, 6.07) is -0.932. The number of nitrogens with zero attached hydrogens (tertiary/aromatic N) is 2. The number of imidazole rings is 1. The molecule has 0 fully saturated rings. The van der Waals surface area contributed by atoms with Gasteiger partial charge in [-0.25, -0.2) is 9.78 Å². The number of rotatable bonds is 4. The molecule has 6 heteroatoms. The number of hydrogen-bond donors (Lipinski definition) is 2. The van der Waals surface area contributed by atoms with Gasteiger partial charge in [-0.05, 0) is 12.8 Å². The van der Waals surface area contributed by atoms with Crippen LogP contribution >= 0.6 is 0 Å². The van der Waals surface area contributed by atoms with Crippen LogP contribution in [0.25, 0.3) is 0 Å². The van der Waals surface area contributed by atoms with Crippen molar-refractivity contribution < 1.29 is 9.59 Å². The van der Waals surface area contributed by atoms with Crippen molar-refractivity contribution in [3.05, 3.63) is 18.7 Å². The molecule has 0 aromatic carbocycles. The molecule has 2 N–H and O–H groups in total. The fourth-order valence-electron chi connectivity index (χ4n) is 1.16. The van der Waals surface area contributed by atoms with E-state index in [0.717, 1.165) is 0 Å². The van der Waals surface area contributed by atoms with E-state index in [1.165, 1.54) is 23.3 Å². The number of carbonyl (C=O) groups is 2. The zero-order valence-electron chi connectivity index (χ0n) is 10.3. The van der Waals surface area contributed by atoms with Crippen LogP contribution in [0.2, 0.25) is 0 Å². The lowest BCUT2D eigenvalue weighted by Crippen LogP contribution is -2.46. The summed E-state index contributed by atoms with van der Waals surface area (Å²) < 4.78 is 1.28. The first-order chi connectivity index (χ1) is 8.00. The van der Waals surface area contributed by atoms with Crippen LogP contribution in [0.4, 0.5) is 4.79 Å². The summed E-state index contributed by atoms with van der Waals surface area (Å²) in [4.78, 5) is 26.9. The van der Waals surface area contributed by atoms with Crippen molar-refractivity contribution >= 4 is 11.9 Å². The largest absolute Gasteiger partial charge is 0.354 e. The molecule has 1 unspecified atom stereocenters. The van der Waals surface area contributed by atoms with E-state index in [2.05, 4.69) is 15.6 Å². The van der Waals surface area contributed by atoms with E-state index in [9.17, 15) is 9.59 Å². The number of nitrogens with one attached hydrogen (secondary N) is 2. The summed E-state index contributed by atoms with van der Waals surface area (Å²) >= 11 is 0. The summed E-state index contributed by atoms with van der Waals surface area (Å²) in [5.74, 6) is 0.197. The van der Waals surface area contributed by atoms with Crippen LogP contribution in [0.15, 0.2) is 18.7 Å². The van der Waals surface area contributed by atoms with Crippen molar-refractivity contribution in [2.75, 3.05) is 6.54 Å². The summed E-state index contributed by atoms with van der Waals surface area (Å²) in [6.07, 6.45) is 4.41. The van der Waals surface area contributed by atoms with Gasteiger partial charge in [-0.1, -0.05) is 13.8 Å². The van der Waals surface area contributed by atoms with Crippen molar-refractivity contribution in [1.29, 1.82) is 0 Å². The Bertz CT molecular complexity index is 373. The second-order valence-electron chi connectivity index (χ2n) is 4.28.